The summed E-state index contributed by atoms with van der Waals surface area (Å²) in [5.74, 6) is -0.0862. The summed E-state index contributed by atoms with van der Waals surface area (Å²) in [6.07, 6.45) is 0.171. The van der Waals surface area contributed by atoms with Gasteiger partial charge in [-0.3, -0.25) is 9.59 Å². The molecule has 0 radical (unpaired) electrons. The van der Waals surface area contributed by atoms with E-state index in [-0.39, 0.29) is 18.2 Å². The Labute approximate surface area is 145 Å². The number of para-hydroxylation sites is 2. The Hall–Kier alpha value is -2.53. The lowest BCUT2D eigenvalue weighted by Gasteiger charge is -2.19. The van der Waals surface area contributed by atoms with E-state index in [9.17, 15) is 9.59 Å². The van der Waals surface area contributed by atoms with E-state index >= 15 is 0 Å². The second-order valence-corrected chi connectivity index (χ2v) is 6.01. The van der Waals surface area contributed by atoms with Crippen molar-refractivity contribution < 1.29 is 14.3 Å². The number of anilines is 2. The highest BCUT2D eigenvalue weighted by Crippen LogP contribution is 2.33. The summed E-state index contributed by atoms with van der Waals surface area (Å²) in [6.45, 7) is 0.325. The standard InChI is InChI=1S/C18H17ClN2O3/c1-24-16-8-3-2-7-15(16)21-11-12(9-17(21)22)18(23)20-14-6-4-5-13(19)10-14/h2-8,10,12H,9,11H2,1H3,(H,20,23)/t12-/m1/s1. The van der Waals surface area contributed by atoms with Gasteiger partial charge in [0, 0.05) is 23.7 Å². The molecule has 1 aliphatic rings. The second-order valence-electron chi connectivity index (χ2n) is 5.58. The molecule has 1 N–H and O–H groups in total. The Morgan fingerprint density at radius 2 is 2.04 bits per heavy atom. The van der Waals surface area contributed by atoms with Crippen LogP contribution in [0.4, 0.5) is 11.4 Å². The molecule has 5 nitrogen and oxygen atoms in total. The minimum Gasteiger partial charge on any atom is -0.495 e. The van der Waals surface area contributed by atoms with Crippen LogP contribution in [0, 0.1) is 5.92 Å². The number of hydrogen-bond donors (Lipinski definition) is 1. The zero-order valence-corrected chi connectivity index (χ0v) is 13.9. The van der Waals surface area contributed by atoms with Gasteiger partial charge in [0.25, 0.3) is 0 Å². The zero-order valence-electron chi connectivity index (χ0n) is 13.2. The predicted octanol–water partition coefficient (Wildman–Crippen LogP) is 3.34. The minimum atomic E-state index is -0.415. The zero-order chi connectivity index (χ0) is 17.1. The van der Waals surface area contributed by atoms with Crippen molar-refractivity contribution in [1.82, 2.24) is 0 Å². The topological polar surface area (TPSA) is 58.6 Å². The Kier molecular flexibility index (Phi) is 4.71. The molecule has 1 fully saturated rings. The molecule has 124 valence electrons. The van der Waals surface area contributed by atoms with E-state index in [0.717, 1.165) is 0 Å². The number of halogens is 1. The van der Waals surface area contributed by atoms with Crippen LogP contribution in [0.2, 0.25) is 5.02 Å². The van der Waals surface area contributed by atoms with Gasteiger partial charge in [-0.25, -0.2) is 0 Å². The maximum Gasteiger partial charge on any atom is 0.229 e. The molecule has 1 saturated heterocycles. The number of ether oxygens (including phenoxy) is 1. The summed E-state index contributed by atoms with van der Waals surface area (Å²) < 4.78 is 5.30. The average Bonchev–Trinajstić information content (AvgIpc) is 2.96. The fraction of sp³-hybridized carbons (Fsp3) is 0.222. The van der Waals surface area contributed by atoms with E-state index in [4.69, 9.17) is 16.3 Å². The predicted molar refractivity (Wildman–Crippen MR) is 93.5 cm³/mol. The minimum absolute atomic E-state index is 0.0919. The molecule has 6 heteroatoms. The summed E-state index contributed by atoms with van der Waals surface area (Å²) in [5, 5.41) is 3.36. The number of amides is 2. The molecule has 1 atom stereocenters. The van der Waals surface area contributed by atoms with E-state index in [1.807, 2.05) is 18.2 Å². The van der Waals surface area contributed by atoms with E-state index in [1.165, 1.54) is 0 Å². The third-order valence-electron chi connectivity index (χ3n) is 3.96. The quantitative estimate of drug-likeness (QED) is 0.925. The average molecular weight is 345 g/mol. The lowest BCUT2D eigenvalue weighted by atomic mass is 10.1. The van der Waals surface area contributed by atoms with E-state index < -0.39 is 5.92 Å². The Balaban J connectivity index is 1.73. The number of benzene rings is 2. The molecule has 0 aromatic heterocycles. The summed E-state index contributed by atoms with van der Waals surface area (Å²) >= 11 is 5.92. The molecule has 0 bridgehead atoms. The van der Waals surface area contributed by atoms with Gasteiger partial charge >= 0.3 is 0 Å². The highest BCUT2D eigenvalue weighted by Gasteiger charge is 2.36. The van der Waals surface area contributed by atoms with E-state index in [1.54, 1.807) is 42.3 Å². The van der Waals surface area contributed by atoms with Gasteiger partial charge in [0.05, 0.1) is 18.7 Å². The molecule has 0 saturated carbocycles. The first-order valence-corrected chi connectivity index (χ1v) is 7.96. The van der Waals surface area contributed by atoms with E-state index in [2.05, 4.69) is 5.32 Å². The van der Waals surface area contributed by atoms with Crippen LogP contribution in [0.1, 0.15) is 6.42 Å². The SMILES string of the molecule is COc1ccccc1N1C[C@H](C(=O)Nc2cccc(Cl)c2)CC1=O. The first-order valence-electron chi connectivity index (χ1n) is 7.58. The van der Waals surface area contributed by atoms with Crippen LogP contribution in [-0.4, -0.2) is 25.5 Å². The maximum absolute atomic E-state index is 12.4. The smallest absolute Gasteiger partial charge is 0.229 e. The number of carbonyl (C=O) groups is 2. The monoisotopic (exact) mass is 344 g/mol. The number of rotatable bonds is 4. The Morgan fingerprint density at radius 1 is 1.25 bits per heavy atom. The fourth-order valence-corrected chi connectivity index (χ4v) is 2.97. The highest BCUT2D eigenvalue weighted by atomic mass is 35.5. The lowest BCUT2D eigenvalue weighted by Crippen LogP contribution is -2.28. The first-order chi connectivity index (χ1) is 11.6. The van der Waals surface area contributed by atoms with Gasteiger partial charge in [-0.15, -0.1) is 0 Å². The molecule has 2 amide bonds. The first kappa shape index (κ1) is 16.3. The number of nitrogens with one attached hydrogen (secondary N) is 1. The molecule has 2 aromatic rings. The van der Waals surface area contributed by atoms with Crippen molar-refractivity contribution in [1.29, 1.82) is 0 Å². The fourth-order valence-electron chi connectivity index (χ4n) is 2.78. The van der Waals surface area contributed by atoms with Gasteiger partial charge in [0.2, 0.25) is 11.8 Å². The molecular formula is C18H17ClN2O3. The van der Waals surface area contributed by atoms with Crippen molar-refractivity contribution in [3.63, 3.8) is 0 Å². The number of nitrogens with zero attached hydrogens (tertiary/aromatic N) is 1. The molecule has 24 heavy (non-hydrogen) atoms. The summed E-state index contributed by atoms with van der Waals surface area (Å²) in [7, 11) is 1.56. The third kappa shape index (κ3) is 3.36. The molecule has 2 aromatic carbocycles. The van der Waals surface area contributed by atoms with Crippen LogP contribution in [0.25, 0.3) is 0 Å². The van der Waals surface area contributed by atoms with Gasteiger partial charge in [0.15, 0.2) is 0 Å². The molecule has 3 rings (SSSR count). The van der Waals surface area contributed by atoms with E-state index in [0.29, 0.717) is 28.7 Å². The largest absolute Gasteiger partial charge is 0.495 e. The van der Waals surface area contributed by atoms with Crippen LogP contribution >= 0.6 is 11.6 Å². The molecular weight excluding hydrogens is 328 g/mol. The van der Waals surface area contributed by atoms with Crippen molar-refractivity contribution in [2.75, 3.05) is 23.9 Å². The van der Waals surface area contributed by atoms with Gasteiger partial charge in [-0.2, -0.15) is 0 Å². The number of carbonyl (C=O) groups excluding carboxylic acids is 2. The van der Waals surface area contributed by atoms with Crippen molar-refractivity contribution in [3.05, 3.63) is 53.6 Å². The Morgan fingerprint density at radius 3 is 2.79 bits per heavy atom. The van der Waals surface area contributed by atoms with Crippen LogP contribution in [0.3, 0.4) is 0 Å². The van der Waals surface area contributed by atoms with Gasteiger partial charge in [-0.1, -0.05) is 29.8 Å². The van der Waals surface area contributed by atoms with Crippen LogP contribution < -0.4 is 15.0 Å². The van der Waals surface area contributed by atoms with Crippen molar-refractivity contribution in [2.45, 2.75) is 6.42 Å². The van der Waals surface area contributed by atoms with Crippen LogP contribution in [0.15, 0.2) is 48.5 Å². The molecule has 1 heterocycles. The molecule has 0 spiro atoms. The van der Waals surface area contributed by atoms with Crippen LogP contribution in [0.5, 0.6) is 5.75 Å². The molecule has 0 aliphatic carbocycles. The summed E-state index contributed by atoms with van der Waals surface area (Å²) in [5.41, 5.74) is 1.30. The third-order valence-corrected chi connectivity index (χ3v) is 4.20. The lowest BCUT2D eigenvalue weighted by molar-refractivity contribution is -0.122. The summed E-state index contributed by atoms with van der Waals surface area (Å²) in [6, 6.07) is 14.2. The van der Waals surface area contributed by atoms with Gasteiger partial charge in [0.1, 0.15) is 5.75 Å². The van der Waals surface area contributed by atoms with Crippen molar-refractivity contribution in [2.24, 2.45) is 5.92 Å². The number of methoxy groups -OCH3 is 1. The van der Waals surface area contributed by atoms with Gasteiger partial charge in [-0.05, 0) is 30.3 Å². The highest BCUT2D eigenvalue weighted by molar-refractivity contribution is 6.30. The van der Waals surface area contributed by atoms with Crippen molar-refractivity contribution >= 4 is 34.8 Å². The van der Waals surface area contributed by atoms with Crippen LogP contribution in [-0.2, 0) is 9.59 Å². The maximum atomic E-state index is 12.4. The number of hydrogen-bond acceptors (Lipinski definition) is 3. The molecule has 1 aliphatic heterocycles. The van der Waals surface area contributed by atoms with Crippen molar-refractivity contribution in [3.8, 4) is 5.75 Å². The summed E-state index contributed by atoms with van der Waals surface area (Å²) in [4.78, 5) is 26.4. The molecule has 0 unspecified atom stereocenters. The second kappa shape index (κ2) is 6.93. The Bertz CT molecular complexity index is 778. The van der Waals surface area contributed by atoms with Gasteiger partial charge < -0.3 is 15.0 Å². The normalized spacial score (nSPS) is 17.0.